The largest absolute Gasteiger partial charge is 0.330 e. The minimum absolute atomic E-state index is 0.372. The Morgan fingerprint density at radius 1 is 1.39 bits per heavy atom. The lowest BCUT2D eigenvalue weighted by Crippen LogP contribution is -2.58. The Morgan fingerprint density at radius 2 is 2.06 bits per heavy atom. The van der Waals surface area contributed by atoms with Gasteiger partial charge in [0.05, 0.1) is 0 Å². The van der Waals surface area contributed by atoms with Gasteiger partial charge in [-0.25, -0.2) is 4.79 Å². The minimum Gasteiger partial charge on any atom is -0.277 e. The van der Waals surface area contributed by atoms with E-state index in [0.29, 0.717) is 13.0 Å². The molecule has 1 aliphatic rings. The second kappa shape index (κ2) is 6.33. The zero-order valence-electron chi connectivity index (χ0n) is 11.2. The number of amides is 4. The molecule has 0 saturated carbocycles. The zero-order chi connectivity index (χ0) is 13.7. The van der Waals surface area contributed by atoms with E-state index in [2.05, 4.69) is 5.32 Å². The van der Waals surface area contributed by atoms with Gasteiger partial charge in [0.1, 0.15) is 5.92 Å². The summed E-state index contributed by atoms with van der Waals surface area (Å²) >= 11 is 0. The molecule has 1 atom stereocenters. The first-order valence-electron chi connectivity index (χ1n) is 6.29. The Kier molecular flexibility index (Phi) is 5.07. The predicted octanol–water partition coefficient (Wildman–Crippen LogP) is 1.84. The number of nitrogens with one attached hydrogen (secondary N) is 1. The van der Waals surface area contributed by atoms with Crippen molar-refractivity contribution in [2.45, 2.75) is 40.0 Å². The molecule has 0 aromatic rings. The normalized spacial score (nSPS) is 21.3. The van der Waals surface area contributed by atoms with Crippen molar-refractivity contribution in [3.05, 3.63) is 11.6 Å². The molecule has 0 aromatic carbocycles. The van der Waals surface area contributed by atoms with Crippen LogP contribution in [0.4, 0.5) is 4.79 Å². The molecule has 0 radical (unpaired) electrons. The topological polar surface area (TPSA) is 66.5 Å². The van der Waals surface area contributed by atoms with Crippen molar-refractivity contribution in [1.82, 2.24) is 10.2 Å². The van der Waals surface area contributed by atoms with Crippen LogP contribution in [0.3, 0.4) is 0 Å². The van der Waals surface area contributed by atoms with E-state index in [1.54, 1.807) is 0 Å². The molecular weight excluding hydrogens is 232 g/mol. The number of hydrogen-bond donors (Lipinski definition) is 1. The van der Waals surface area contributed by atoms with Gasteiger partial charge in [0, 0.05) is 6.54 Å². The number of barbiturate groups is 1. The Hall–Kier alpha value is -1.65. The second-order valence-electron chi connectivity index (χ2n) is 4.53. The number of nitrogens with zero attached hydrogens (tertiary/aromatic N) is 1. The van der Waals surface area contributed by atoms with Crippen LogP contribution >= 0.6 is 0 Å². The quantitative estimate of drug-likeness (QED) is 0.599. The fourth-order valence-corrected chi connectivity index (χ4v) is 1.81. The summed E-state index contributed by atoms with van der Waals surface area (Å²) in [5.41, 5.74) is 0.966. The van der Waals surface area contributed by atoms with Gasteiger partial charge < -0.3 is 0 Å². The molecule has 1 unspecified atom stereocenters. The summed E-state index contributed by atoms with van der Waals surface area (Å²) in [5, 5.41) is 2.25. The number of unbranched alkanes of at least 4 members (excludes halogenated alkanes) is 1. The van der Waals surface area contributed by atoms with Crippen molar-refractivity contribution >= 4 is 17.8 Å². The van der Waals surface area contributed by atoms with E-state index in [-0.39, 0.29) is 5.91 Å². The molecule has 5 nitrogen and oxygen atoms in total. The second-order valence-corrected chi connectivity index (χ2v) is 4.53. The molecule has 5 heteroatoms. The summed E-state index contributed by atoms with van der Waals surface area (Å²) < 4.78 is 0. The van der Waals surface area contributed by atoms with Gasteiger partial charge in [0.15, 0.2) is 0 Å². The molecule has 1 aliphatic heterocycles. The molecule has 1 N–H and O–H groups in total. The van der Waals surface area contributed by atoms with E-state index in [9.17, 15) is 14.4 Å². The Morgan fingerprint density at radius 3 is 2.61 bits per heavy atom. The lowest BCUT2D eigenvalue weighted by atomic mass is 9.96. The monoisotopic (exact) mass is 252 g/mol. The van der Waals surface area contributed by atoms with Crippen LogP contribution in [-0.4, -0.2) is 29.3 Å². The maximum atomic E-state index is 12.1. The first-order chi connectivity index (χ1) is 8.51. The van der Waals surface area contributed by atoms with Gasteiger partial charge in [-0.05, 0) is 26.7 Å². The molecule has 0 bridgehead atoms. The summed E-state index contributed by atoms with van der Waals surface area (Å²) in [7, 11) is 0. The number of hydrogen-bond acceptors (Lipinski definition) is 3. The van der Waals surface area contributed by atoms with Crippen molar-refractivity contribution in [2.75, 3.05) is 6.54 Å². The third-order valence-corrected chi connectivity index (χ3v) is 3.11. The molecule has 1 saturated heterocycles. The molecule has 1 heterocycles. The highest BCUT2D eigenvalue weighted by Gasteiger charge is 2.39. The average Bonchev–Trinajstić information content (AvgIpc) is 2.33. The number of urea groups is 1. The number of imide groups is 2. The smallest absolute Gasteiger partial charge is 0.277 e. The van der Waals surface area contributed by atoms with E-state index in [1.165, 1.54) is 0 Å². The molecular formula is C13H20N2O3. The third-order valence-electron chi connectivity index (χ3n) is 3.11. The molecule has 18 heavy (non-hydrogen) atoms. The molecule has 0 spiro atoms. The van der Waals surface area contributed by atoms with E-state index in [1.807, 2.05) is 26.8 Å². The molecule has 1 fully saturated rings. The zero-order valence-corrected chi connectivity index (χ0v) is 11.2. The fourth-order valence-electron chi connectivity index (χ4n) is 1.81. The van der Waals surface area contributed by atoms with E-state index >= 15 is 0 Å². The van der Waals surface area contributed by atoms with Gasteiger partial charge >= 0.3 is 6.03 Å². The van der Waals surface area contributed by atoms with Crippen molar-refractivity contribution in [3.63, 3.8) is 0 Å². The Balaban J connectivity index is 2.81. The molecule has 1 rings (SSSR count). The lowest BCUT2D eigenvalue weighted by molar-refractivity contribution is -0.142. The minimum atomic E-state index is -0.768. The number of carbonyl (C=O) groups is 3. The van der Waals surface area contributed by atoms with E-state index < -0.39 is 17.9 Å². The lowest BCUT2D eigenvalue weighted by Gasteiger charge is -2.30. The van der Waals surface area contributed by atoms with Crippen LogP contribution in [0.2, 0.25) is 0 Å². The highest BCUT2D eigenvalue weighted by Crippen LogP contribution is 2.19. The van der Waals surface area contributed by atoms with Gasteiger partial charge in [-0.2, -0.15) is 0 Å². The maximum Gasteiger partial charge on any atom is 0.330 e. The van der Waals surface area contributed by atoms with Gasteiger partial charge in [-0.1, -0.05) is 25.0 Å². The van der Waals surface area contributed by atoms with Crippen molar-refractivity contribution in [2.24, 2.45) is 5.92 Å². The fraction of sp³-hybridized carbons (Fsp3) is 0.615. The van der Waals surface area contributed by atoms with E-state index in [0.717, 1.165) is 23.3 Å². The van der Waals surface area contributed by atoms with Crippen LogP contribution in [0.1, 0.15) is 40.0 Å². The van der Waals surface area contributed by atoms with Crippen molar-refractivity contribution in [1.29, 1.82) is 0 Å². The van der Waals surface area contributed by atoms with Crippen LogP contribution < -0.4 is 5.32 Å². The third kappa shape index (κ3) is 3.18. The highest BCUT2D eigenvalue weighted by molar-refractivity contribution is 6.16. The number of carbonyl (C=O) groups excluding carboxylic acids is 3. The van der Waals surface area contributed by atoms with Crippen molar-refractivity contribution in [3.8, 4) is 0 Å². The Bertz CT molecular complexity index is 388. The molecule has 100 valence electrons. The number of allylic oxidation sites excluding steroid dienone is 2. The molecule has 4 amide bonds. The van der Waals surface area contributed by atoms with Crippen LogP contribution in [0.5, 0.6) is 0 Å². The summed E-state index contributed by atoms with van der Waals surface area (Å²) in [4.78, 5) is 36.5. The van der Waals surface area contributed by atoms with Gasteiger partial charge in [-0.3, -0.25) is 19.8 Å². The summed E-state index contributed by atoms with van der Waals surface area (Å²) in [6.07, 6.45) is 3.89. The maximum absolute atomic E-state index is 12.1. The summed E-state index contributed by atoms with van der Waals surface area (Å²) in [6.45, 7) is 6.09. The summed E-state index contributed by atoms with van der Waals surface area (Å²) in [5.74, 6) is -1.63. The highest BCUT2D eigenvalue weighted by atomic mass is 16.2. The predicted molar refractivity (Wildman–Crippen MR) is 67.7 cm³/mol. The SMILES string of the molecule is C/C=C(\C)CC1C(=O)NC(=O)N(CCCC)C1=O. The van der Waals surface area contributed by atoms with Gasteiger partial charge in [0.25, 0.3) is 0 Å². The molecule has 0 aromatic heterocycles. The van der Waals surface area contributed by atoms with Crippen LogP contribution in [0.25, 0.3) is 0 Å². The van der Waals surface area contributed by atoms with Gasteiger partial charge in [-0.15, -0.1) is 0 Å². The summed E-state index contributed by atoms with van der Waals surface area (Å²) in [6, 6.07) is -0.590. The van der Waals surface area contributed by atoms with Gasteiger partial charge in [0.2, 0.25) is 11.8 Å². The van der Waals surface area contributed by atoms with Crippen LogP contribution in [-0.2, 0) is 9.59 Å². The number of rotatable bonds is 5. The van der Waals surface area contributed by atoms with Crippen LogP contribution in [0, 0.1) is 5.92 Å². The first kappa shape index (κ1) is 14.4. The van der Waals surface area contributed by atoms with Crippen LogP contribution in [0.15, 0.2) is 11.6 Å². The van der Waals surface area contributed by atoms with E-state index in [4.69, 9.17) is 0 Å². The average molecular weight is 252 g/mol. The Labute approximate surface area is 107 Å². The van der Waals surface area contributed by atoms with Crippen molar-refractivity contribution < 1.29 is 14.4 Å². The first-order valence-corrected chi connectivity index (χ1v) is 6.29. The standard InChI is InChI=1S/C13H20N2O3/c1-4-6-7-15-12(17)10(8-9(3)5-2)11(16)14-13(15)18/h5,10H,4,6-8H2,1-3H3,(H,14,16,18)/b9-5+. The molecule has 0 aliphatic carbocycles.